The maximum absolute atomic E-state index is 13.1. The van der Waals surface area contributed by atoms with E-state index < -0.39 is 17.7 Å². The Morgan fingerprint density at radius 3 is 2.41 bits per heavy atom. The highest BCUT2D eigenvalue weighted by Crippen LogP contribution is 2.41. The lowest BCUT2D eigenvalue weighted by atomic mass is 9.95. The molecule has 0 radical (unpaired) electrons. The lowest BCUT2D eigenvalue weighted by Crippen LogP contribution is -2.29. The first-order valence-corrected chi connectivity index (χ1v) is 10.1. The highest BCUT2D eigenvalue weighted by molar-refractivity contribution is 6.46. The zero-order chi connectivity index (χ0) is 22.8. The second-order valence-corrected chi connectivity index (χ2v) is 7.56. The van der Waals surface area contributed by atoms with Gasteiger partial charge in [0.25, 0.3) is 11.7 Å². The molecular weight excluding hydrogens is 434 g/mol. The van der Waals surface area contributed by atoms with E-state index in [4.69, 9.17) is 25.5 Å². The summed E-state index contributed by atoms with van der Waals surface area (Å²) in [6.45, 7) is 0.0631. The number of benzene rings is 2. The molecule has 0 aliphatic carbocycles. The van der Waals surface area contributed by atoms with Gasteiger partial charge in [-0.25, -0.2) is 0 Å². The molecule has 0 spiro atoms. The molecule has 2 heterocycles. The molecular formula is C24H20ClNO6. The summed E-state index contributed by atoms with van der Waals surface area (Å²) in [5, 5.41) is 11.7. The van der Waals surface area contributed by atoms with E-state index >= 15 is 0 Å². The van der Waals surface area contributed by atoms with Gasteiger partial charge in [0.15, 0.2) is 11.5 Å². The predicted octanol–water partition coefficient (Wildman–Crippen LogP) is 4.57. The number of aliphatic hydroxyl groups excluding tert-OH is 1. The van der Waals surface area contributed by atoms with E-state index in [0.717, 1.165) is 0 Å². The Morgan fingerprint density at radius 2 is 1.78 bits per heavy atom. The zero-order valence-corrected chi connectivity index (χ0v) is 18.1. The monoisotopic (exact) mass is 453 g/mol. The van der Waals surface area contributed by atoms with E-state index in [1.807, 2.05) is 0 Å². The molecule has 164 valence electrons. The molecule has 1 aliphatic rings. The highest BCUT2D eigenvalue weighted by atomic mass is 35.5. The van der Waals surface area contributed by atoms with Gasteiger partial charge in [0.05, 0.1) is 38.6 Å². The number of Topliss-reactive ketones (excluding diaryl/α,β-unsaturated/α-hetero) is 1. The van der Waals surface area contributed by atoms with Crippen LogP contribution in [0.5, 0.6) is 11.5 Å². The molecule has 1 saturated heterocycles. The summed E-state index contributed by atoms with van der Waals surface area (Å²) >= 11 is 6.03. The summed E-state index contributed by atoms with van der Waals surface area (Å²) in [5.41, 5.74) is 0.913. The Morgan fingerprint density at radius 1 is 1.06 bits per heavy atom. The molecule has 32 heavy (non-hydrogen) atoms. The van der Waals surface area contributed by atoms with Crippen LogP contribution in [0.1, 0.15) is 22.9 Å². The molecule has 1 N–H and O–H groups in total. The SMILES string of the molecule is COc1ccc(/C(O)=C2/C(=O)C(=O)N(Cc3ccco3)C2c2ccc(Cl)cc2)cc1OC. The van der Waals surface area contributed by atoms with E-state index in [-0.39, 0.29) is 17.9 Å². The molecule has 3 aromatic rings. The molecule has 1 aromatic heterocycles. The van der Waals surface area contributed by atoms with Crippen molar-refractivity contribution in [1.29, 1.82) is 0 Å². The summed E-state index contributed by atoms with van der Waals surface area (Å²) in [5.74, 6) is -0.476. The fraction of sp³-hybridized carbons (Fsp3) is 0.167. The zero-order valence-electron chi connectivity index (χ0n) is 17.4. The largest absolute Gasteiger partial charge is 0.507 e. The molecule has 0 saturated carbocycles. The van der Waals surface area contributed by atoms with Gasteiger partial charge in [0.1, 0.15) is 11.5 Å². The van der Waals surface area contributed by atoms with Crippen LogP contribution in [0.3, 0.4) is 0 Å². The Hall–Kier alpha value is -3.71. The number of hydrogen-bond donors (Lipinski definition) is 1. The van der Waals surface area contributed by atoms with Gasteiger partial charge in [-0.3, -0.25) is 9.59 Å². The van der Waals surface area contributed by atoms with Crippen molar-refractivity contribution in [2.45, 2.75) is 12.6 Å². The third-order valence-electron chi connectivity index (χ3n) is 5.29. The Kier molecular flexibility index (Phi) is 5.92. The minimum Gasteiger partial charge on any atom is -0.507 e. The Bertz CT molecular complexity index is 1180. The first kappa shape index (κ1) is 21.5. The maximum atomic E-state index is 13.1. The number of nitrogens with zero attached hydrogens (tertiary/aromatic N) is 1. The Labute approximate surface area is 189 Å². The minimum atomic E-state index is -0.828. The van der Waals surface area contributed by atoms with Gasteiger partial charge in [-0.05, 0) is 48.0 Å². The number of methoxy groups -OCH3 is 2. The Balaban J connectivity index is 1.87. The van der Waals surface area contributed by atoms with Crippen molar-refractivity contribution in [3.05, 3.63) is 88.3 Å². The average Bonchev–Trinajstić information content (AvgIpc) is 3.41. The van der Waals surface area contributed by atoms with Crippen molar-refractivity contribution in [3.63, 3.8) is 0 Å². The number of ketones is 1. The van der Waals surface area contributed by atoms with E-state index in [0.29, 0.717) is 33.4 Å². The second kappa shape index (κ2) is 8.80. The van der Waals surface area contributed by atoms with Gasteiger partial charge >= 0.3 is 0 Å². The van der Waals surface area contributed by atoms with Gasteiger partial charge in [-0.15, -0.1) is 0 Å². The number of aliphatic hydroxyl groups is 1. The normalized spacial score (nSPS) is 17.6. The van der Waals surface area contributed by atoms with Crippen molar-refractivity contribution in [2.75, 3.05) is 14.2 Å². The number of amides is 1. The lowest BCUT2D eigenvalue weighted by molar-refractivity contribution is -0.140. The average molecular weight is 454 g/mol. The van der Waals surface area contributed by atoms with Gasteiger partial charge in [-0.1, -0.05) is 23.7 Å². The van der Waals surface area contributed by atoms with Gasteiger partial charge < -0.3 is 23.9 Å². The van der Waals surface area contributed by atoms with E-state index in [1.165, 1.54) is 25.4 Å². The van der Waals surface area contributed by atoms with E-state index in [2.05, 4.69) is 0 Å². The standard InChI is InChI=1S/C24H20ClNO6/c1-30-18-10-7-15(12-19(18)31-2)22(27)20-21(14-5-8-16(25)9-6-14)26(24(29)23(20)28)13-17-4-3-11-32-17/h3-12,21,27H,13H2,1-2H3/b22-20-. The summed E-state index contributed by atoms with van der Waals surface area (Å²) in [7, 11) is 2.97. The third-order valence-corrected chi connectivity index (χ3v) is 5.54. The maximum Gasteiger partial charge on any atom is 0.296 e. The van der Waals surface area contributed by atoms with Crippen LogP contribution in [0.2, 0.25) is 5.02 Å². The topological polar surface area (TPSA) is 89.2 Å². The summed E-state index contributed by atoms with van der Waals surface area (Å²) in [6.07, 6.45) is 1.49. The molecule has 0 bridgehead atoms. The van der Waals surface area contributed by atoms with Gasteiger partial charge in [0.2, 0.25) is 0 Å². The predicted molar refractivity (Wildman–Crippen MR) is 118 cm³/mol. The highest BCUT2D eigenvalue weighted by Gasteiger charge is 2.46. The van der Waals surface area contributed by atoms with E-state index in [9.17, 15) is 14.7 Å². The third kappa shape index (κ3) is 3.83. The number of rotatable bonds is 6. The molecule has 1 amide bonds. The number of halogens is 1. The first-order valence-electron chi connectivity index (χ1n) is 9.73. The molecule has 1 unspecified atom stereocenters. The van der Waals surface area contributed by atoms with Crippen LogP contribution in [-0.4, -0.2) is 35.9 Å². The molecule has 1 fully saturated rings. The van der Waals surface area contributed by atoms with Crippen molar-refractivity contribution in [2.24, 2.45) is 0 Å². The van der Waals surface area contributed by atoms with Crippen LogP contribution >= 0.6 is 11.6 Å². The first-order chi connectivity index (χ1) is 15.4. The van der Waals surface area contributed by atoms with Gasteiger partial charge in [0, 0.05) is 10.6 Å². The van der Waals surface area contributed by atoms with Crippen LogP contribution in [-0.2, 0) is 16.1 Å². The van der Waals surface area contributed by atoms with Crippen LogP contribution in [0, 0.1) is 0 Å². The van der Waals surface area contributed by atoms with Crippen LogP contribution < -0.4 is 9.47 Å². The molecule has 2 aromatic carbocycles. The fourth-order valence-electron chi connectivity index (χ4n) is 3.74. The minimum absolute atomic E-state index is 0.0314. The van der Waals surface area contributed by atoms with Crippen LogP contribution in [0.25, 0.3) is 5.76 Å². The number of ether oxygens (including phenoxy) is 2. The van der Waals surface area contributed by atoms with Crippen LogP contribution in [0.4, 0.5) is 0 Å². The molecule has 4 rings (SSSR count). The lowest BCUT2D eigenvalue weighted by Gasteiger charge is -2.24. The van der Waals surface area contributed by atoms with Crippen molar-refractivity contribution in [1.82, 2.24) is 4.90 Å². The quantitative estimate of drug-likeness (QED) is 0.334. The second-order valence-electron chi connectivity index (χ2n) is 7.13. The van der Waals surface area contributed by atoms with Gasteiger partial charge in [-0.2, -0.15) is 0 Å². The fourth-order valence-corrected chi connectivity index (χ4v) is 3.87. The van der Waals surface area contributed by atoms with Crippen LogP contribution in [0.15, 0.2) is 70.9 Å². The number of likely N-dealkylation sites (tertiary alicyclic amines) is 1. The number of hydrogen-bond acceptors (Lipinski definition) is 6. The molecule has 1 aliphatic heterocycles. The number of carbonyl (C=O) groups is 2. The number of carbonyl (C=O) groups excluding carboxylic acids is 2. The van der Waals surface area contributed by atoms with Crippen molar-refractivity contribution >= 4 is 29.1 Å². The molecule has 8 heteroatoms. The summed E-state index contributed by atoms with van der Waals surface area (Å²) < 4.78 is 15.9. The number of furan rings is 1. The van der Waals surface area contributed by atoms with Crippen molar-refractivity contribution < 1.29 is 28.6 Å². The van der Waals surface area contributed by atoms with Crippen molar-refractivity contribution in [3.8, 4) is 11.5 Å². The summed E-state index contributed by atoms with van der Waals surface area (Å²) in [4.78, 5) is 27.4. The molecule has 1 atom stereocenters. The molecule has 7 nitrogen and oxygen atoms in total. The smallest absolute Gasteiger partial charge is 0.296 e. The summed E-state index contributed by atoms with van der Waals surface area (Å²) in [6, 6.07) is 14.1. The van der Waals surface area contributed by atoms with E-state index in [1.54, 1.807) is 54.6 Å².